The molecule has 0 unspecified atom stereocenters. The van der Waals surface area contributed by atoms with Crippen molar-refractivity contribution in [2.24, 2.45) is 0 Å². The molecule has 2 aromatic carbocycles. The first kappa shape index (κ1) is 16.4. The van der Waals surface area contributed by atoms with Crippen LogP contribution >= 0.6 is 0 Å². The summed E-state index contributed by atoms with van der Waals surface area (Å²) < 4.78 is 6.01. The van der Waals surface area contributed by atoms with Gasteiger partial charge in [0.05, 0.1) is 11.3 Å². The lowest BCUT2D eigenvalue weighted by atomic mass is 9.97. The van der Waals surface area contributed by atoms with Gasteiger partial charge in [-0.25, -0.2) is 4.79 Å². The van der Waals surface area contributed by atoms with Crippen LogP contribution in [-0.2, 0) is 12.8 Å². The molecule has 27 heavy (non-hydrogen) atoms. The topological polar surface area (TPSA) is 33.5 Å². The second kappa shape index (κ2) is 6.73. The summed E-state index contributed by atoms with van der Waals surface area (Å²) in [4.78, 5) is 15.6. The number of nitrogens with zero attached hydrogens (tertiary/aromatic N) is 1. The maximum absolute atomic E-state index is 13.2. The fraction of sp³-hybridized carbons (Fsp3) is 0.292. The molecule has 1 fully saturated rings. The SMILES string of the molecule is O=c1oc2c(c(N3CCCC3)c1-c1ccccc1)CCCc1ccccc1-2. The van der Waals surface area contributed by atoms with Crippen molar-refractivity contribution in [3.63, 3.8) is 0 Å². The maximum atomic E-state index is 13.2. The minimum absolute atomic E-state index is 0.224. The molecule has 0 amide bonds. The molecule has 3 heteroatoms. The highest BCUT2D eigenvalue weighted by Crippen LogP contribution is 2.41. The van der Waals surface area contributed by atoms with E-state index in [0.29, 0.717) is 0 Å². The molecule has 5 rings (SSSR count). The van der Waals surface area contributed by atoms with Crippen LogP contribution in [0, 0.1) is 0 Å². The molecule has 0 saturated carbocycles. The second-order valence-corrected chi connectivity index (χ2v) is 7.49. The predicted molar refractivity (Wildman–Crippen MR) is 109 cm³/mol. The molecule has 1 aromatic heterocycles. The van der Waals surface area contributed by atoms with Gasteiger partial charge in [0.15, 0.2) is 0 Å². The van der Waals surface area contributed by atoms with Crippen molar-refractivity contribution in [3.8, 4) is 22.5 Å². The predicted octanol–water partition coefficient (Wildman–Crippen LogP) is 5.06. The number of aryl methyl sites for hydroxylation is 1. The summed E-state index contributed by atoms with van der Waals surface area (Å²) in [6.07, 6.45) is 5.40. The number of benzene rings is 2. The Kier molecular flexibility index (Phi) is 4.08. The van der Waals surface area contributed by atoms with Crippen LogP contribution in [-0.4, -0.2) is 13.1 Å². The lowest BCUT2D eigenvalue weighted by molar-refractivity contribution is 0.522. The zero-order chi connectivity index (χ0) is 18.2. The first-order chi connectivity index (χ1) is 13.3. The van der Waals surface area contributed by atoms with Crippen LogP contribution < -0.4 is 10.5 Å². The molecule has 1 saturated heterocycles. The number of hydrogen-bond donors (Lipinski definition) is 0. The Morgan fingerprint density at radius 2 is 1.56 bits per heavy atom. The van der Waals surface area contributed by atoms with Crippen LogP contribution in [0.15, 0.2) is 63.8 Å². The summed E-state index contributed by atoms with van der Waals surface area (Å²) >= 11 is 0. The molecule has 0 bridgehead atoms. The highest BCUT2D eigenvalue weighted by molar-refractivity contribution is 5.85. The maximum Gasteiger partial charge on any atom is 0.346 e. The molecule has 0 radical (unpaired) electrons. The standard InChI is InChI=1S/C24H23NO2/c26-24-21(18-10-2-1-3-11-18)22(25-15-6-7-16-25)20-14-8-12-17-9-4-5-13-19(17)23(20)27-24/h1-5,9-11,13H,6-8,12,14-16H2. The van der Waals surface area contributed by atoms with Crippen molar-refractivity contribution < 1.29 is 4.42 Å². The summed E-state index contributed by atoms with van der Waals surface area (Å²) in [5.74, 6) is 0.787. The van der Waals surface area contributed by atoms with Crippen molar-refractivity contribution in [1.29, 1.82) is 0 Å². The van der Waals surface area contributed by atoms with Crippen LogP contribution in [0.4, 0.5) is 5.69 Å². The van der Waals surface area contributed by atoms with E-state index >= 15 is 0 Å². The lowest BCUT2D eigenvalue weighted by Crippen LogP contribution is -2.24. The Balaban J connectivity index is 1.83. The van der Waals surface area contributed by atoms with E-state index in [4.69, 9.17) is 4.42 Å². The van der Waals surface area contributed by atoms with Gasteiger partial charge in [-0.15, -0.1) is 0 Å². The van der Waals surface area contributed by atoms with Crippen LogP contribution in [0.2, 0.25) is 0 Å². The van der Waals surface area contributed by atoms with E-state index in [2.05, 4.69) is 23.1 Å². The third-order valence-corrected chi connectivity index (χ3v) is 5.82. The van der Waals surface area contributed by atoms with Crippen molar-refractivity contribution in [3.05, 3.63) is 76.1 Å². The summed E-state index contributed by atoms with van der Waals surface area (Å²) in [6.45, 7) is 2.02. The first-order valence-corrected chi connectivity index (χ1v) is 9.91. The third kappa shape index (κ3) is 2.78. The quantitative estimate of drug-likeness (QED) is 0.642. The molecule has 2 heterocycles. The highest BCUT2D eigenvalue weighted by atomic mass is 16.4. The number of rotatable bonds is 2. The average Bonchev–Trinajstić information content (AvgIpc) is 3.17. The third-order valence-electron chi connectivity index (χ3n) is 5.82. The van der Waals surface area contributed by atoms with E-state index in [1.54, 1.807) is 0 Å². The van der Waals surface area contributed by atoms with E-state index < -0.39 is 0 Å². The second-order valence-electron chi connectivity index (χ2n) is 7.49. The molecule has 3 aromatic rings. The van der Waals surface area contributed by atoms with Crippen LogP contribution in [0.1, 0.15) is 30.4 Å². The molecular weight excluding hydrogens is 334 g/mol. The smallest absolute Gasteiger partial charge is 0.346 e. The Morgan fingerprint density at radius 1 is 0.815 bits per heavy atom. The molecule has 1 aliphatic carbocycles. The molecule has 1 aliphatic heterocycles. The van der Waals surface area contributed by atoms with Crippen molar-refractivity contribution in [2.75, 3.05) is 18.0 Å². The molecular formula is C24H23NO2. The molecule has 3 nitrogen and oxygen atoms in total. The lowest BCUT2D eigenvalue weighted by Gasteiger charge is -2.25. The molecule has 0 spiro atoms. The molecule has 136 valence electrons. The van der Waals surface area contributed by atoms with Crippen molar-refractivity contribution in [2.45, 2.75) is 32.1 Å². The van der Waals surface area contributed by atoms with E-state index in [1.165, 1.54) is 24.0 Å². The van der Waals surface area contributed by atoms with Gasteiger partial charge in [0.1, 0.15) is 5.76 Å². The summed E-state index contributed by atoms with van der Waals surface area (Å²) in [6, 6.07) is 18.4. The van der Waals surface area contributed by atoms with Gasteiger partial charge in [0.2, 0.25) is 0 Å². The average molecular weight is 357 g/mol. The zero-order valence-corrected chi connectivity index (χ0v) is 15.4. The van der Waals surface area contributed by atoms with Gasteiger partial charge in [-0.05, 0) is 43.2 Å². The van der Waals surface area contributed by atoms with Gasteiger partial charge in [0.25, 0.3) is 0 Å². The van der Waals surface area contributed by atoms with E-state index in [0.717, 1.165) is 60.5 Å². The van der Waals surface area contributed by atoms with Gasteiger partial charge in [-0.2, -0.15) is 0 Å². The molecule has 0 atom stereocenters. The van der Waals surface area contributed by atoms with Gasteiger partial charge in [-0.1, -0.05) is 54.6 Å². The number of fused-ring (bicyclic) bond motifs is 3. The Bertz CT molecular complexity index is 1030. The fourth-order valence-corrected chi connectivity index (χ4v) is 4.57. The molecule has 0 N–H and O–H groups in total. The summed E-state index contributed by atoms with van der Waals surface area (Å²) in [5, 5.41) is 0. The highest BCUT2D eigenvalue weighted by Gasteiger charge is 2.29. The van der Waals surface area contributed by atoms with Crippen LogP contribution in [0.25, 0.3) is 22.5 Å². The van der Waals surface area contributed by atoms with Gasteiger partial charge in [-0.3, -0.25) is 0 Å². The van der Waals surface area contributed by atoms with Gasteiger partial charge < -0.3 is 9.32 Å². The van der Waals surface area contributed by atoms with Crippen molar-refractivity contribution in [1.82, 2.24) is 0 Å². The monoisotopic (exact) mass is 357 g/mol. The number of hydrogen-bond acceptors (Lipinski definition) is 3. The zero-order valence-electron chi connectivity index (χ0n) is 15.4. The Morgan fingerprint density at radius 3 is 2.37 bits per heavy atom. The fourth-order valence-electron chi connectivity index (χ4n) is 4.57. The molecule has 2 aliphatic rings. The van der Waals surface area contributed by atoms with E-state index in [9.17, 15) is 4.79 Å². The number of anilines is 1. The largest absolute Gasteiger partial charge is 0.422 e. The van der Waals surface area contributed by atoms with Crippen LogP contribution in [0.5, 0.6) is 0 Å². The minimum atomic E-state index is -0.224. The first-order valence-electron chi connectivity index (χ1n) is 9.91. The summed E-state index contributed by atoms with van der Waals surface area (Å²) in [7, 11) is 0. The van der Waals surface area contributed by atoms with Gasteiger partial charge in [0, 0.05) is 24.2 Å². The Hall–Kier alpha value is -2.81. The van der Waals surface area contributed by atoms with Gasteiger partial charge >= 0.3 is 5.63 Å². The summed E-state index contributed by atoms with van der Waals surface area (Å²) in [5.41, 5.74) is 6.14. The van der Waals surface area contributed by atoms with E-state index in [1.807, 2.05) is 36.4 Å². The van der Waals surface area contributed by atoms with Crippen molar-refractivity contribution >= 4 is 5.69 Å². The van der Waals surface area contributed by atoms with Crippen LogP contribution in [0.3, 0.4) is 0 Å². The normalized spacial score (nSPS) is 15.9. The minimum Gasteiger partial charge on any atom is -0.422 e. The Labute approximate surface area is 159 Å². The van der Waals surface area contributed by atoms with E-state index in [-0.39, 0.29) is 5.63 Å².